The number of ether oxygens (including phenoxy) is 1. The monoisotopic (exact) mass is 435 g/mol. The standard InChI is InChI=1S/C23H25N5O2S/c1-12(2)22-26-28-20(24)17(21(29)25-23(28)31-22)11-16-10-14(4)27(15(16)5)18-9-13(3)7-8-19(18)30-6/h7-12,24H,1-6H3/b17-11-,24-20?. The molecular formula is C23H25N5O2S. The van der Waals surface area contributed by atoms with Crippen LogP contribution in [0.3, 0.4) is 0 Å². The third kappa shape index (κ3) is 3.61. The molecule has 7 nitrogen and oxygen atoms in total. The summed E-state index contributed by atoms with van der Waals surface area (Å²) in [5.41, 5.74) is 5.10. The van der Waals surface area contributed by atoms with Gasteiger partial charge in [-0.05, 0) is 67.9 Å². The molecule has 0 radical (unpaired) electrons. The zero-order valence-corrected chi connectivity index (χ0v) is 19.3. The molecule has 1 aromatic heterocycles. The maximum Gasteiger partial charge on any atom is 0.283 e. The molecule has 2 aromatic rings. The van der Waals surface area contributed by atoms with E-state index in [0.717, 1.165) is 39.0 Å². The number of aliphatic imine (C=N–C) groups is 1. The van der Waals surface area contributed by atoms with Crippen LogP contribution < -0.4 is 4.74 Å². The number of hydrazone groups is 1. The van der Waals surface area contributed by atoms with E-state index >= 15 is 0 Å². The number of thioether (sulfide) groups is 1. The number of nitrogens with one attached hydrogen (secondary N) is 1. The number of carbonyl (C=O) groups excluding carboxylic acids is 1. The molecule has 0 atom stereocenters. The molecule has 0 spiro atoms. The van der Waals surface area contributed by atoms with E-state index in [0.29, 0.717) is 5.17 Å². The van der Waals surface area contributed by atoms with E-state index in [1.54, 1.807) is 13.2 Å². The number of amides is 1. The predicted octanol–water partition coefficient (Wildman–Crippen LogP) is 4.69. The van der Waals surface area contributed by atoms with Crippen LogP contribution in [0.15, 0.2) is 39.9 Å². The van der Waals surface area contributed by atoms with E-state index in [9.17, 15) is 4.79 Å². The average Bonchev–Trinajstić information content (AvgIpc) is 3.26. The molecule has 0 fully saturated rings. The van der Waals surface area contributed by atoms with Crippen molar-refractivity contribution in [1.29, 1.82) is 5.41 Å². The Balaban J connectivity index is 1.78. The largest absolute Gasteiger partial charge is 0.495 e. The highest BCUT2D eigenvalue weighted by molar-refractivity contribution is 8.27. The highest BCUT2D eigenvalue weighted by Gasteiger charge is 2.36. The van der Waals surface area contributed by atoms with Crippen molar-refractivity contribution in [2.75, 3.05) is 7.11 Å². The number of benzene rings is 1. The molecule has 2 aliphatic rings. The molecule has 2 aliphatic heterocycles. The Kier molecular flexibility index (Phi) is 5.35. The maximum absolute atomic E-state index is 12.7. The molecule has 0 saturated heterocycles. The Hall–Kier alpha value is -3.13. The fourth-order valence-corrected chi connectivity index (χ4v) is 4.57. The van der Waals surface area contributed by atoms with Gasteiger partial charge in [0.2, 0.25) is 5.17 Å². The topological polar surface area (TPSA) is 83.0 Å². The summed E-state index contributed by atoms with van der Waals surface area (Å²) in [5.74, 6) is 0.613. The van der Waals surface area contributed by atoms with Crippen molar-refractivity contribution in [3.05, 3.63) is 52.4 Å². The van der Waals surface area contributed by atoms with E-state index in [-0.39, 0.29) is 17.3 Å². The summed E-state index contributed by atoms with van der Waals surface area (Å²) in [5, 5.41) is 15.8. The van der Waals surface area contributed by atoms with Crippen molar-refractivity contribution in [2.24, 2.45) is 16.0 Å². The molecule has 31 heavy (non-hydrogen) atoms. The maximum atomic E-state index is 12.7. The molecule has 1 aromatic carbocycles. The molecule has 0 bridgehead atoms. The fraction of sp³-hybridized carbons (Fsp3) is 0.304. The van der Waals surface area contributed by atoms with Gasteiger partial charge in [0.25, 0.3) is 5.91 Å². The number of hydrogen-bond acceptors (Lipinski definition) is 5. The second-order valence-electron chi connectivity index (χ2n) is 7.95. The summed E-state index contributed by atoms with van der Waals surface area (Å²) in [7, 11) is 1.66. The molecule has 8 heteroatoms. The van der Waals surface area contributed by atoms with E-state index in [2.05, 4.69) is 20.7 Å². The molecule has 0 aliphatic carbocycles. The van der Waals surface area contributed by atoms with Gasteiger partial charge in [-0.25, -0.2) is 0 Å². The Morgan fingerprint density at radius 1 is 1.19 bits per heavy atom. The lowest BCUT2D eigenvalue weighted by molar-refractivity contribution is -0.114. The fourth-order valence-electron chi connectivity index (χ4n) is 3.67. The number of amidine groups is 2. The Morgan fingerprint density at radius 2 is 1.94 bits per heavy atom. The zero-order chi connectivity index (χ0) is 22.4. The van der Waals surface area contributed by atoms with Gasteiger partial charge in [-0.3, -0.25) is 10.2 Å². The summed E-state index contributed by atoms with van der Waals surface area (Å²) in [6.45, 7) is 10.1. The second-order valence-corrected chi connectivity index (χ2v) is 8.94. The average molecular weight is 436 g/mol. The molecular weight excluding hydrogens is 410 g/mol. The van der Waals surface area contributed by atoms with Gasteiger partial charge >= 0.3 is 0 Å². The van der Waals surface area contributed by atoms with Gasteiger partial charge in [-0.15, -0.1) is 0 Å². The van der Waals surface area contributed by atoms with Gasteiger partial charge in [-0.1, -0.05) is 19.9 Å². The number of methoxy groups -OCH3 is 1. The first-order chi connectivity index (χ1) is 14.7. The molecule has 0 unspecified atom stereocenters. The van der Waals surface area contributed by atoms with E-state index in [4.69, 9.17) is 10.1 Å². The van der Waals surface area contributed by atoms with Gasteiger partial charge in [0.05, 0.1) is 18.4 Å². The molecule has 4 rings (SSSR count). The van der Waals surface area contributed by atoms with Crippen LogP contribution in [0.4, 0.5) is 0 Å². The molecule has 0 saturated carbocycles. The van der Waals surface area contributed by atoms with Gasteiger partial charge in [0.15, 0.2) is 5.84 Å². The van der Waals surface area contributed by atoms with E-state index in [1.165, 1.54) is 16.8 Å². The number of fused-ring (bicyclic) bond motifs is 1. The minimum absolute atomic E-state index is 0.0519. The first-order valence-electron chi connectivity index (χ1n) is 10.0. The van der Waals surface area contributed by atoms with Crippen LogP contribution in [0.25, 0.3) is 11.8 Å². The van der Waals surface area contributed by atoms with Crippen molar-refractivity contribution in [1.82, 2.24) is 9.58 Å². The predicted molar refractivity (Wildman–Crippen MR) is 126 cm³/mol. The summed E-state index contributed by atoms with van der Waals surface area (Å²) < 4.78 is 7.67. The van der Waals surface area contributed by atoms with E-state index < -0.39 is 5.91 Å². The summed E-state index contributed by atoms with van der Waals surface area (Å²) in [4.78, 5) is 16.9. The van der Waals surface area contributed by atoms with Gasteiger partial charge < -0.3 is 9.30 Å². The number of hydrogen-bond donors (Lipinski definition) is 1. The second kappa shape index (κ2) is 7.85. The highest BCUT2D eigenvalue weighted by atomic mass is 32.2. The van der Waals surface area contributed by atoms with Crippen LogP contribution in [-0.4, -0.2) is 38.6 Å². The van der Waals surface area contributed by atoms with Crippen LogP contribution >= 0.6 is 11.8 Å². The van der Waals surface area contributed by atoms with Gasteiger partial charge in [-0.2, -0.15) is 15.1 Å². The van der Waals surface area contributed by atoms with E-state index in [1.807, 2.05) is 52.8 Å². The SMILES string of the molecule is COc1ccc(C)cc1-n1c(C)cc(/C=C2/C(=N)N3N=C(C(C)C)SC3=NC2=O)c1C. The molecule has 160 valence electrons. The first kappa shape index (κ1) is 21.1. The normalized spacial score (nSPS) is 17.4. The minimum atomic E-state index is -0.415. The summed E-state index contributed by atoms with van der Waals surface area (Å²) in [6.07, 6.45) is 1.74. The summed E-state index contributed by atoms with van der Waals surface area (Å²) >= 11 is 1.35. The molecule has 1 amide bonds. The third-order valence-corrected chi connectivity index (χ3v) is 6.52. The van der Waals surface area contributed by atoms with Crippen molar-refractivity contribution >= 4 is 39.8 Å². The molecule has 1 N–H and O–H groups in total. The van der Waals surface area contributed by atoms with Crippen LogP contribution in [0.5, 0.6) is 5.75 Å². The Labute approximate surface area is 186 Å². The van der Waals surface area contributed by atoms with Crippen LogP contribution in [0.1, 0.15) is 36.4 Å². The molecule has 3 heterocycles. The van der Waals surface area contributed by atoms with Gasteiger partial charge in [0.1, 0.15) is 10.8 Å². The quantitative estimate of drug-likeness (QED) is 0.707. The summed E-state index contributed by atoms with van der Waals surface area (Å²) in [6, 6.07) is 8.04. The number of nitrogens with zero attached hydrogens (tertiary/aromatic N) is 4. The van der Waals surface area contributed by atoms with Crippen molar-refractivity contribution in [3.8, 4) is 11.4 Å². The minimum Gasteiger partial charge on any atom is -0.495 e. The number of rotatable bonds is 4. The number of aryl methyl sites for hydroxylation is 2. The number of aromatic nitrogens is 1. The van der Waals surface area contributed by atoms with Gasteiger partial charge in [0, 0.05) is 17.3 Å². The number of carbonyl (C=O) groups is 1. The Morgan fingerprint density at radius 3 is 2.61 bits per heavy atom. The van der Waals surface area contributed by atoms with Crippen LogP contribution in [-0.2, 0) is 4.79 Å². The first-order valence-corrected chi connectivity index (χ1v) is 10.9. The van der Waals surface area contributed by atoms with Crippen LogP contribution in [0.2, 0.25) is 0 Å². The zero-order valence-electron chi connectivity index (χ0n) is 18.5. The van der Waals surface area contributed by atoms with Crippen LogP contribution in [0, 0.1) is 32.1 Å². The van der Waals surface area contributed by atoms with Crippen molar-refractivity contribution in [3.63, 3.8) is 0 Å². The highest BCUT2D eigenvalue weighted by Crippen LogP contribution is 2.33. The lowest BCUT2D eigenvalue weighted by Crippen LogP contribution is -2.35. The third-order valence-electron chi connectivity index (χ3n) is 5.31. The smallest absolute Gasteiger partial charge is 0.283 e. The Bertz CT molecular complexity index is 1200. The van der Waals surface area contributed by atoms with Crippen molar-refractivity contribution < 1.29 is 9.53 Å². The lowest BCUT2D eigenvalue weighted by Gasteiger charge is -2.20. The lowest BCUT2D eigenvalue weighted by atomic mass is 10.1. The van der Waals surface area contributed by atoms with Crippen molar-refractivity contribution in [2.45, 2.75) is 34.6 Å².